The molecule has 0 saturated carbocycles. The fourth-order valence-corrected chi connectivity index (χ4v) is 3.80. The van der Waals surface area contributed by atoms with Crippen LogP contribution in [0.2, 0.25) is 0 Å². The number of nitrogens with zero attached hydrogens (tertiary/aromatic N) is 2. The third-order valence-electron chi connectivity index (χ3n) is 4.75. The molecular formula is C25H24BrN3OS. The van der Waals surface area contributed by atoms with Gasteiger partial charge in [0, 0.05) is 23.1 Å². The van der Waals surface area contributed by atoms with Gasteiger partial charge in [-0.3, -0.25) is 5.43 Å². The monoisotopic (exact) mass is 493 g/mol. The first-order valence-electron chi connectivity index (χ1n) is 9.75. The zero-order valence-electron chi connectivity index (χ0n) is 17.4. The van der Waals surface area contributed by atoms with Gasteiger partial charge in [0.2, 0.25) is 5.13 Å². The Labute approximate surface area is 197 Å². The molecular weight excluding hydrogens is 470 g/mol. The number of anilines is 1. The van der Waals surface area contributed by atoms with Gasteiger partial charge in [0.1, 0.15) is 5.75 Å². The standard InChI is InChI=1S/C25H23N3OS.BrH/c1-18(16-19-8-14-23(29-2)15-9-19)27-28-25-26-24(17-30-25)22-12-10-21(11-13-22)20-6-4-3-5-7-20;/h3-15,17H,16H2,1-2H3,(H,26,28);1H/b27-18-;. The molecule has 0 bridgehead atoms. The lowest BCUT2D eigenvalue weighted by atomic mass is 10.0. The minimum Gasteiger partial charge on any atom is -0.497 e. The molecule has 4 nitrogen and oxygen atoms in total. The van der Waals surface area contributed by atoms with Crippen molar-refractivity contribution in [3.05, 3.63) is 89.8 Å². The van der Waals surface area contributed by atoms with E-state index in [1.807, 2.05) is 30.5 Å². The summed E-state index contributed by atoms with van der Waals surface area (Å²) in [5.41, 5.74) is 9.73. The van der Waals surface area contributed by atoms with Crippen LogP contribution in [0.25, 0.3) is 22.4 Å². The maximum atomic E-state index is 5.20. The van der Waals surface area contributed by atoms with Gasteiger partial charge in [0.15, 0.2) is 0 Å². The minimum absolute atomic E-state index is 0. The molecule has 0 aliphatic carbocycles. The van der Waals surface area contributed by atoms with Crippen LogP contribution in [0.15, 0.2) is 89.3 Å². The Morgan fingerprint density at radius 3 is 2.23 bits per heavy atom. The molecule has 0 aliphatic heterocycles. The van der Waals surface area contributed by atoms with Crippen LogP contribution < -0.4 is 10.2 Å². The molecule has 4 rings (SSSR count). The van der Waals surface area contributed by atoms with Crippen molar-refractivity contribution < 1.29 is 4.74 Å². The Morgan fingerprint density at radius 2 is 1.55 bits per heavy atom. The van der Waals surface area contributed by atoms with Gasteiger partial charge in [-0.25, -0.2) is 4.98 Å². The second-order valence-electron chi connectivity index (χ2n) is 6.97. The van der Waals surface area contributed by atoms with E-state index in [1.54, 1.807) is 18.4 Å². The third-order valence-corrected chi connectivity index (χ3v) is 5.50. The predicted molar refractivity (Wildman–Crippen MR) is 137 cm³/mol. The normalized spacial score (nSPS) is 11.0. The van der Waals surface area contributed by atoms with E-state index < -0.39 is 0 Å². The predicted octanol–water partition coefficient (Wildman–Crippen LogP) is 7.09. The van der Waals surface area contributed by atoms with E-state index in [1.165, 1.54) is 16.7 Å². The molecule has 1 heterocycles. The average Bonchev–Trinajstić information content (AvgIpc) is 3.28. The second kappa shape index (κ2) is 10.9. The molecule has 1 N–H and O–H groups in total. The number of thiazole rings is 1. The summed E-state index contributed by atoms with van der Waals surface area (Å²) in [6, 6.07) is 26.9. The smallest absolute Gasteiger partial charge is 0.203 e. The second-order valence-corrected chi connectivity index (χ2v) is 7.82. The van der Waals surface area contributed by atoms with E-state index in [2.05, 4.69) is 76.2 Å². The molecule has 0 aliphatic rings. The van der Waals surface area contributed by atoms with Gasteiger partial charge in [-0.15, -0.1) is 28.3 Å². The fraction of sp³-hybridized carbons (Fsp3) is 0.120. The Bertz CT molecular complexity index is 1120. The van der Waals surface area contributed by atoms with E-state index in [0.717, 1.165) is 34.3 Å². The van der Waals surface area contributed by atoms with Crippen molar-refractivity contribution in [3.8, 4) is 28.1 Å². The van der Waals surface area contributed by atoms with Gasteiger partial charge in [0.25, 0.3) is 0 Å². The third kappa shape index (κ3) is 6.03. The summed E-state index contributed by atoms with van der Waals surface area (Å²) < 4.78 is 5.20. The van der Waals surface area contributed by atoms with E-state index in [9.17, 15) is 0 Å². The number of halogens is 1. The van der Waals surface area contributed by atoms with Crippen molar-refractivity contribution in [2.75, 3.05) is 12.5 Å². The molecule has 31 heavy (non-hydrogen) atoms. The number of hydrazone groups is 1. The maximum Gasteiger partial charge on any atom is 0.203 e. The van der Waals surface area contributed by atoms with Crippen molar-refractivity contribution in [2.24, 2.45) is 5.10 Å². The number of ether oxygens (including phenoxy) is 1. The summed E-state index contributed by atoms with van der Waals surface area (Å²) in [4.78, 5) is 4.67. The molecule has 0 fully saturated rings. The maximum absolute atomic E-state index is 5.20. The molecule has 0 saturated heterocycles. The molecule has 6 heteroatoms. The molecule has 0 spiro atoms. The summed E-state index contributed by atoms with van der Waals surface area (Å²) in [5.74, 6) is 0.860. The number of aromatic nitrogens is 1. The minimum atomic E-state index is 0. The Hall–Kier alpha value is -2.96. The van der Waals surface area contributed by atoms with Crippen LogP contribution in [-0.4, -0.2) is 17.8 Å². The van der Waals surface area contributed by atoms with Gasteiger partial charge < -0.3 is 4.74 Å². The van der Waals surface area contributed by atoms with Gasteiger partial charge in [-0.05, 0) is 35.7 Å². The molecule has 0 unspecified atom stereocenters. The van der Waals surface area contributed by atoms with E-state index in [-0.39, 0.29) is 17.0 Å². The highest BCUT2D eigenvalue weighted by Gasteiger charge is 2.05. The van der Waals surface area contributed by atoms with Crippen LogP contribution in [0.3, 0.4) is 0 Å². The highest BCUT2D eigenvalue weighted by Crippen LogP contribution is 2.27. The zero-order chi connectivity index (χ0) is 20.8. The van der Waals surface area contributed by atoms with Gasteiger partial charge in [0.05, 0.1) is 12.8 Å². The molecule has 3 aromatic carbocycles. The summed E-state index contributed by atoms with van der Waals surface area (Å²) in [5, 5.41) is 7.31. The lowest BCUT2D eigenvalue weighted by Gasteiger charge is -2.04. The molecule has 0 radical (unpaired) electrons. The molecule has 4 aromatic rings. The molecule has 0 atom stereocenters. The van der Waals surface area contributed by atoms with Crippen molar-refractivity contribution in [3.63, 3.8) is 0 Å². The number of hydrogen-bond donors (Lipinski definition) is 1. The highest BCUT2D eigenvalue weighted by molar-refractivity contribution is 8.93. The first kappa shape index (κ1) is 22.7. The first-order valence-corrected chi connectivity index (χ1v) is 10.6. The van der Waals surface area contributed by atoms with Crippen molar-refractivity contribution in [1.29, 1.82) is 0 Å². The molecule has 0 amide bonds. The lowest BCUT2D eigenvalue weighted by molar-refractivity contribution is 0.414. The van der Waals surface area contributed by atoms with E-state index in [4.69, 9.17) is 4.74 Å². The highest BCUT2D eigenvalue weighted by atomic mass is 79.9. The van der Waals surface area contributed by atoms with Crippen molar-refractivity contribution >= 4 is 39.2 Å². The number of rotatable bonds is 7. The van der Waals surface area contributed by atoms with Crippen LogP contribution in [0.4, 0.5) is 5.13 Å². The Kier molecular flexibility index (Phi) is 7.98. The fourth-order valence-electron chi connectivity index (χ4n) is 3.14. The van der Waals surface area contributed by atoms with Crippen LogP contribution in [0.5, 0.6) is 5.75 Å². The van der Waals surface area contributed by atoms with Gasteiger partial charge >= 0.3 is 0 Å². The first-order chi connectivity index (χ1) is 14.7. The van der Waals surface area contributed by atoms with Crippen molar-refractivity contribution in [1.82, 2.24) is 4.98 Å². The average molecular weight is 494 g/mol. The SMILES string of the molecule is Br.COc1ccc(C/C(C)=N\Nc2nc(-c3ccc(-c4ccccc4)cc3)cs2)cc1. The van der Waals surface area contributed by atoms with Crippen LogP contribution in [0, 0.1) is 0 Å². The van der Waals surface area contributed by atoms with E-state index >= 15 is 0 Å². The molecule has 1 aromatic heterocycles. The number of hydrogen-bond acceptors (Lipinski definition) is 5. The Balaban J connectivity index is 0.00000272. The van der Waals surface area contributed by atoms with Gasteiger partial charge in [-0.1, -0.05) is 66.7 Å². The number of methoxy groups -OCH3 is 1. The Morgan fingerprint density at radius 1 is 0.903 bits per heavy atom. The summed E-state index contributed by atoms with van der Waals surface area (Å²) >= 11 is 1.55. The largest absolute Gasteiger partial charge is 0.497 e. The van der Waals surface area contributed by atoms with E-state index in [0.29, 0.717) is 0 Å². The molecule has 158 valence electrons. The van der Waals surface area contributed by atoms with Crippen LogP contribution >= 0.6 is 28.3 Å². The van der Waals surface area contributed by atoms with Crippen LogP contribution in [0.1, 0.15) is 12.5 Å². The summed E-state index contributed by atoms with van der Waals surface area (Å²) in [6.07, 6.45) is 0.774. The topological polar surface area (TPSA) is 46.5 Å². The quantitative estimate of drug-likeness (QED) is 0.220. The van der Waals surface area contributed by atoms with Crippen molar-refractivity contribution in [2.45, 2.75) is 13.3 Å². The zero-order valence-corrected chi connectivity index (χ0v) is 19.9. The summed E-state index contributed by atoms with van der Waals surface area (Å²) in [7, 11) is 1.67. The number of nitrogens with one attached hydrogen (secondary N) is 1. The lowest BCUT2D eigenvalue weighted by Crippen LogP contribution is -2.01. The van der Waals surface area contributed by atoms with Crippen LogP contribution in [-0.2, 0) is 6.42 Å². The van der Waals surface area contributed by atoms with Gasteiger partial charge in [-0.2, -0.15) is 5.10 Å². The summed E-state index contributed by atoms with van der Waals surface area (Å²) in [6.45, 7) is 2.01. The number of benzene rings is 3.